The number of hydrogen-bond donors (Lipinski definition) is 2. The standard InChI is InChI=1S/C20H26N6O2/c1-3-19(27)24-18-12-15(6-7-22-18)14-25-8-10-26(11-9-25)16-4-5-17(23-13-16)20(28)21-2/h4-7,12-13H,3,8-11,14H2,1-2H3,(H,21,28)(H,22,24,27). The number of hydrogen-bond acceptors (Lipinski definition) is 6. The van der Waals surface area contributed by atoms with Crippen molar-refractivity contribution in [2.75, 3.05) is 43.4 Å². The third-order valence-electron chi connectivity index (χ3n) is 4.76. The molecule has 3 heterocycles. The summed E-state index contributed by atoms with van der Waals surface area (Å²) >= 11 is 0. The highest BCUT2D eigenvalue weighted by Crippen LogP contribution is 2.17. The van der Waals surface area contributed by atoms with Gasteiger partial charge in [0.15, 0.2) is 0 Å². The highest BCUT2D eigenvalue weighted by molar-refractivity contribution is 5.92. The van der Waals surface area contributed by atoms with Gasteiger partial charge in [0.2, 0.25) is 5.91 Å². The van der Waals surface area contributed by atoms with E-state index in [1.807, 2.05) is 25.1 Å². The zero-order valence-electron chi connectivity index (χ0n) is 16.3. The van der Waals surface area contributed by atoms with Gasteiger partial charge in [0.05, 0.1) is 11.9 Å². The van der Waals surface area contributed by atoms with Crippen LogP contribution in [0.15, 0.2) is 36.7 Å². The van der Waals surface area contributed by atoms with Gasteiger partial charge in [-0.2, -0.15) is 0 Å². The molecule has 0 saturated carbocycles. The molecule has 0 unspecified atom stereocenters. The smallest absolute Gasteiger partial charge is 0.269 e. The molecular weight excluding hydrogens is 356 g/mol. The van der Waals surface area contributed by atoms with Crippen molar-refractivity contribution in [3.05, 3.63) is 47.9 Å². The van der Waals surface area contributed by atoms with E-state index in [9.17, 15) is 9.59 Å². The number of piperazine rings is 1. The van der Waals surface area contributed by atoms with E-state index < -0.39 is 0 Å². The predicted molar refractivity (Wildman–Crippen MR) is 108 cm³/mol. The lowest BCUT2D eigenvalue weighted by molar-refractivity contribution is -0.115. The van der Waals surface area contributed by atoms with Crippen molar-refractivity contribution in [3.63, 3.8) is 0 Å². The SMILES string of the molecule is CCC(=O)Nc1cc(CN2CCN(c3ccc(C(=O)NC)nc3)CC2)ccn1. The maximum Gasteiger partial charge on any atom is 0.269 e. The molecule has 1 aliphatic heterocycles. The number of nitrogens with one attached hydrogen (secondary N) is 2. The molecule has 0 atom stereocenters. The van der Waals surface area contributed by atoms with Gasteiger partial charge in [-0.05, 0) is 29.8 Å². The van der Waals surface area contributed by atoms with E-state index in [2.05, 4.69) is 30.4 Å². The van der Waals surface area contributed by atoms with E-state index in [1.54, 1.807) is 25.5 Å². The average molecular weight is 382 g/mol. The van der Waals surface area contributed by atoms with Crippen LogP contribution in [0.5, 0.6) is 0 Å². The summed E-state index contributed by atoms with van der Waals surface area (Å²) in [6.07, 6.45) is 3.93. The average Bonchev–Trinajstić information content (AvgIpc) is 2.74. The van der Waals surface area contributed by atoms with Crippen LogP contribution in [0, 0.1) is 0 Å². The summed E-state index contributed by atoms with van der Waals surface area (Å²) in [5.74, 6) is 0.391. The zero-order valence-corrected chi connectivity index (χ0v) is 16.3. The predicted octanol–water partition coefficient (Wildman–Crippen LogP) is 1.51. The van der Waals surface area contributed by atoms with Crippen LogP contribution in [0.4, 0.5) is 11.5 Å². The summed E-state index contributed by atoms with van der Waals surface area (Å²) in [5.41, 5.74) is 2.58. The van der Waals surface area contributed by atoms with Crippen molar-refractivity contribution < 1.29 is 9.59 Å². The van der Waals surface area contributed by atoms with Gasteiger partial charge in [0.25, 0.3) is 5.91 Å². The number of pyridine rings is 2. The van der Waals surface area contributed by atoms with E-state index in [-0.39, 0.29) is 11.8 Å². The van der Waals surface area contributed by atoms with E-state index in [1.165, 1.54) is 0 Å². The van der Waals surface area contributed by atoms with Gasteiger partial charge in [-0.1, -0.05) is 6.92 Å². The molecule has 1 aliphatic rings. The first-order valence-electron chi connectivity index (χ1n) is 9.49. The molecule has 1 fully saturated rings. The van der Waals surface area contributed by atoms with Crippen LogP contribution in [-0.4, -0.2) is 59.9 Å². The summed E-state index contributed by atoms with van der Waals surface area (Å²) in [7, 11) is 1.60. The number of amides is 2. The Labute approximate surface area is 165 Å². The van der Waals surface area contributed by atoms with Gasteiger partial charge in [0, 0.05) is 52.4 Å². The highest BCUT2D eigenvalue weighted by Gasteiger charge is 2.18. The normalized spacial score (nSPS) is 14.6. The second-order valence-corrected chi connectivity index (χ2v) is 6.70. The number of carbonyl (C=O) groups excluding carboxylic acids is 2. The quantitative estimate of drug-likeness (QED) is 0.787. The number of anilines is 2. The lowest BCUT2D eigenvalue weighted by atomic mass is 10.2. The molecule has 0 aromatic carbocycles. The van der Waals surface area contributed by atoms with E-state index in [0.29, 0.717) is 17.9 Å². The van der Waals surface area contributed by atoms with E-state index in [0.717, 1.165) is 44.0 Å². The summed E-state index contributed by atoms with van der Waals surface area (Å²) in [6, 6.07) is 7.61. The minimum absolute atomic E-state index is 0.0330. The third kappa shape index (κ3) is 5.04. The Hall–Kier alpha value is -3.00. The molecule has 2 aromatic heterocycles. The minimum Gasteiger partial charge on any atom is -0.368 e. The van der Waals surface area contributed by atoms with Crippen molar-refractivity contribution in [3.8, 4) is 0 Å². The summed E-state index contributed by atoms with van der Waals surface area (Å²) in [6.45, 7) is 6.28. The summed E-state index contributed by atoms with van der Waals surface area (Å²) in [4.78, 5) is 36.2. The summed E-state index contributed by atoms with van der Waals surface area (Å²) < 4.78 is 0. The van der Waals surface area contributed by atoms with Crippen LogP contribution >= 0.6 is 0 Å². The molecule has 8 nitrogen and oxygen atoms in total. The summed E-state index contributed by atoms with van der Waals surface area (Å²) in [5, 5.41) is 5.38. The van der Waals surface area contributed by atoms with Gasteiger partial charge in [-0.25, -0.2) is 9.97 Å². The fourth-order valence-electron chi connectivity index (χ4n) is 3.13. The zero-order chi connectivity index (χ0) is 19.9. The Morgan fingerprint density at radius 3 is 2.54 bits per heavy atom. The molecule has 28 heavy (non-hydrogen) atoms. The first kappa shape index (κ1) is 19.8. The molecule has 0 radical (unpaired) electrons. The van der Waals surface area contributed by atoms with Crippen LogP contribution < -0.4 is 15.5 Å². The maximum absolute atomic E-state index is 11.6. The molecule has 1 saturated heterocycles. The largest absolute Gasteiger partial charge is 0.368 e. The first-order valence-corrected chi connectivity index (χ1v) is 9.49. The Bertz CT molecular complexity index is 816. The van der Waals surface area contributed by atoms with E-state index in [4.69, 9.17) is 0 Å². The van der Waals surface area contributed by atoms with Crippen LogP contribution in [0.2, 0.25) is 0 Å². The number of carbonyl (C=O) groups is 2. The Balaban J connectivity index is 1.53. The Morgan fingerprint density at radius 1 is 1.11 bits per heavy atom. The second-order valence-electron chi connectivity index (χ2n) is 6.70. The van der Waals surface area contributed by atoms with Gasteiger partial charge in [0.1, 0.15) is 11.5 Å². The second kappa shape index (κ2) is 9.27. The molecule has 3 rings (SSSR count). The number of nitrogens with zero attached hydrogens (tertiary/aromatic N) is 4. The molecule has 0 spiro atoms. The maximum atomic E-state index is 11.6. The van der Waals surface area contributed by atoms with Crippen molar-refractivity contribution in [2.45, 2.75) is 19.9 Å². The molecular formula is C20H26N6O2. The van der Waals surface area contributed by atoms with Crippen LogP contribution in [-0.2, 0) is 11.3 Å². The van der Waals surface area contributed by atoms with Gasteiger partial charge in [-0.3, -0.25) is 14.5 Å². The van der Waals surface area contributed by atoms with Crippen molar-refractivity contribution in [1.82, 2.24) is 20.2 Å². The lowest BCUT2D eigenvalue weighted by Gasteiger charge is -2.36. The van der Waals surface area contributed by atoms with Crippen molar-refractivity contribution in [2.24, 2.45) is 0 Å². The topological polar surface area (TPSA) is 90.5 Å². The van der Waals surface area contributed by atoms with Gasteiger partial charge >= 0.3 is 0 Å². The lowest BCUT2D eigenvalue weighted by Crippen LogP contribution is -2.46. The molecule has 0 bridgehead atoms. The Kier molecular flexibility index (Phi) is 6.54. The molecule has 2 N–H and O–H groups in total. The highest BCUT2D eigenvalue weighted by atomic mass is 16.2. The van der Waals surface area contributed by atoms with Crippen LogP contribution in [0.1, 0.15) is 29.4 Å². The molecule has 8 heteroatoms. The molecule has 2 aromatic rings. The Morgan fingerprint density at radius 2 is 1.89 bits per heavy atom. The van der Waals surface area contributed by atoms with Crippen LogP contribution in [0.25, 0.3) is 0 Å². The third-order valence-corrected chi connectivity index (χ3v) is 4.76. The number of aromatic nitrogens is 2. The van der Waals surface area contributed by atoms with E-state index >= 15 is 0 Å². The molecule has 2 amide bonds. The molecule has 148 valence electrons. The molecule has 0 aliphatic carbocycles. The number of rotatable bonds is 6. The van der Waals surface area contributed by atoms with Crippen molar-refractivity contribution >= 4 is 23.3 Å². The van der Waals surface area contributed by atoms with Crippen LogP contribution in [0.3, 0.4) is 0 Å². The monoisotopic (exact) mass is 382 g/mol. The van der Waals surface area contributed by atoms with Crippen molar-refractivity contribution in [1.29, 1.82) is 0 Å². The van der Waals surface area contributed by atoms with Gasteiger partial charge < -0.3 is 15.5 Å². The fraction of sp³-hybridized carbons (Fsp3) is 0.400. The minimum atomic E-state index is -0.178. The first-order chi connectivity index (χ1) is 13.6. The van der Waals surface area contributed by atoms with Gasteiger partial charge in [-0.15, -0.1) is 0 Å². The fourth-order valence-corrected chi connectivity index (χ4v) is 3.13.